The Morgan fingerprint density at radius 3 is 1.67 bits per heavy atom. The van der Waals surface area contributed by atoms with Crippen LogP contribution in [0.5, 0.6) is 0 Å². The van der Waals surface area contributed by atoms with Crippen LogP contribution in [-0.2, 0) is 0 Å². The average Bonchev–Trinajstić information content (AvgIpc) is 2.16. The van der Waals surface area contributed by atoms with Crippen molar-refractivity contribution < 1.29 is 0 Å². The zero-order chi connectivity index (χ0) is 7.28. The SMILES string of the molecule is C=CC1(C)C(C)C1(C)C. The molecule has 0 amide bonds. The van der Waals surface area contributed by atoms with Gasteiger partial charge in [-0.25, -0.2) is 0 Å². The molecule has 0 aliphatic heterocycles. The molecule has 0 radical (unpaired) electrons. The van der Waals surface area contributed by atoms with Crippen molar-refractivity contribution in [2.75, 3.05) is 0 Å². The zero-order valence-electron chi connectivity index (χ0n) is 6.86. The largest absolute Gasteiger partial charge is 0.103 e. The highest BCUT2D eigenvalue weighted by Gasteiger charge is 2.62. The van der Waals surface area contributed by atoms with Gasteiger partial charge in [-0.15, -0.1) is 6.58 Å². The maximum Gasteiger partial charge on any atom is -0.00642 e. The molecule has 0 aromatic carbocycles. The lowest BCUT2D eigenvalue weighted by molar-refractivity contribution is 0.501. The van der Waals surface area contributed by atoms with Crippen LogP contribution in [0.2, 0.25) is 0 Å². The summed E-state index contributed by atoms with van der Waals surface area (Å²) in [7, 11) is 0. The Bertz CT molecular complexity index is 144. The van der Waals surface area contributed by atoms with Gasteiger partial charge in [-0.2, -0.15) is 0 Å². The van der Waals surface area contributed by atoms with Gasteiger partial charge in [-0.3, -0.25) is 0 Å². The smallest absolute Gasteiger partial charge is 0.00642 e. The van der Waals surface area contributed by atoms with Crippen LogP contribution in [0, 0.1) is 16.7 Å². The standard InChI is InChI=1S/C9H16/c1-6-9(5)7(2)8(9,3)4/h6-7H,1H2,2-5H3. The fraction of sp³-hybridized carbons (Fsp3) is 0.778. The first-order valence-electron chi connectivity index (χ1n) is 3.60. The molecule has 0 N–H and O–H groups in total. The van der Waals surface area contributed by atoms with E-state index in [9.17, 15) is 0 Å². The lowest BCUT2D eigenvalue weighted by Gasteiger charge is -2.06. The summed E-state index contributed by atoms with van der Waals surface area (Å²) < 4.78 is 0. The number of rotatable bonds is 1. The molecule has 1 saturated carbocycles. The van der Waals surface area contributed by atoms with Gasteiger partial charge in [0.2, 0.25) is 0 Å². The first kappa shape index (κ1) is 6.85. The Labute approximate surface area is 58.0 Å². The molecule has 0 spiro atoms. The maximum absolute atomic E-state index is 3.84. The van der Waals surface area contributed by atoms with E-state index in [0.29, 0.717) is 10.8 Å². The van der Waals surface area contributed by atoms with Crippen molar-refractivity contribution in [2.45, 2.75) is 27.7 Å². The summed E-state index contributed by atoms with van der Waals surface area (Å²) in [6, 6.07) is 0. The molecule has 0 saturated heterocycles. The monoisotopic (exact) mass is 124 g/mol. The van der Waals surface area contributed by atoms with Gasteiger partial charge in [-0.1, -0.05) is 33.8 Å². The van der Waals surface area contributed by atoms with E-state index in [4.69, 9.17) is 0 Å². The Balaban J connectivity index is 2.81. The molecule has 1 rings (SSSR count). The van der Waals surface area contributed by atoms with Gasteiger partial charge in [0.05, 0.1) is 0 Å². The van der Waals surface area contributed by atoms with Gasteiger partial charge < -0.3 is 0 Å². The molecule has 9 heavy (non-hydrogen) atoms. The van der Waals surface area contributed by atoms with E-state index >= 15 is 0 Å². The van der Waals surface area contributed by atoms with E-state index in [1.165, 1.54) is 0 Å². The van der Waals surface area contributed by atoms with Gasteiger partial charge in [0, 0.05) is 0 Å². The molecule has 0 nitrogen and oxygen atoms in total. The summed E-state index contributed by atoms with van der Waals surface area (Å²) in [5.74, 6) is 0.808. The summed E-state index contributed by atoms with van der Waals surface area (Å²) in [4.78, 5) is 0. The first-order valence-corrected chi connectivity index (χ1v) is 3.60. The predicted octanol–water partition coefficient (Wildman–Crippen LogP) is 2.85. The van der Waals surface area contributed by atoms with Crippen molar-refractivity contribution in [1.82, 2.24) is 0 Å². The minimum absolute atomic E-state index is 0.410. The molecule has 52 valence electrons. The van der Waals surface area contributed by atoms with Gasteiger partial charge in [0.25, 0.3) is 0 Å². The fourth-order valence-electron chi connectivity index (χ4n) is 1.75. The van der Waals surface area contributed by atoms with Crippen molar-refractivity contribution in [1.29, 1.82) is 0 Å². The van der Waals surface area contributed by atoms with E-state index < -0.39 is 0 Å². The second-order valence-corrected chi connectivity index (χ2v) is 3.93. The molecule has 1 fully saturated rings. The van der Waals surface area contributed by atoms with Crippen LogP contribution >= 0.6 is 0 Å². The third-order valence-corrected chi connectivity index (χ3v) is 3.71. The second kappa shape index (κ2) is 1.42. The molecular formula is C9H16. The third-order valence-electron chi connectivity index (χ3n) is 3.71. The van der Waals surface area contributed by atoms with E-state index in [2.05, 4.69) is 40.3 Å². The lowest BCUT2D eigenvalue weighted by atomic mass is 9.99. The van der Waals surface area contributed by atoms with Crippen LogP contribution in [0.3, 0.4) is 0 Å². The molecule has 1 aliphatic carbocycles. The van der Waals surface area contributed by atoms with Crippen LogP contribution in [0.25, 0.3) is 0 Å². The quantitative estimate of drug-likeness (QED) is 0.471. The lowest BCUT2D eigenvalue weighted by Crippen LogP contribution is -1.97. The normalized spacial score (nSPS) is 46.4. The van der Waals surface area contributed by atoms with Crippen molar-refractivity contribution in [3.63, 3.8) is 0 Å². The third kappa shape index (κ3) is 0.540. The van der Waals surface area contributed by atoms with Crippen molar-refractivity contribution in [2.24, 2.45) is 16.7 Å². The summed E-state index contributed by atoms with van der Waals surface area (Å²) in [5.41, 5.74) is 0.905. The van der Waals surface area contributed by atoms with Crippen LogP contribution in [-0.4, -0.2) is 0 Å². The van der Waals surface area contributed by atoms with Crippen molar-refractivity contribution in [3.05, 3.63) is 12.7 Å². The van der Waals surface area contributed by atoms with Crippen molar-refractivity contribution >= 4 is 0 Å². The van der Waals surface area contributed by atoms with Gasteiger partial charge >= 0.3 is 0 Å². The highest BCUT2D eigenvalue weighted by molar-refractivity contribution is 5.20. The number of hydrogen-bond donors (Lipinski definition) is 0. The van der Waals surface area contributed by atoms with E-state index in [0.717, 1.165) is 5.92 Å². The summed E-state index contributed by atoms with van der Waals surface area (Å²) in [6.07, 6.45) is 2.09. The van der Waals surface area contributed by atoms with Gasteiger partial charge in [-0.05, 0) is 16.7 Å². The van der Waals surface area contributed by atoms with Crippen molar-refractivity contribution in [3.8, 4) is 0 Å². The molecule has 2 atom stereocenters. The zero-order valence-corrected chi connectivity index (χ0v) is 6.86. The van der Waals surface area contributed by atoms with Gasteiger partial charge in [0.1, 0.15) is 0 Å². The summed E-state index contributed by atoms with van der Waals surface area (Å²) in [5, 5.41) is 0. The summed E-state index contributed by atoms with van der Waals surface area (Å²) in [6.45, 7) is 13.0. The minimum Gasteiger partial charge on any atom is -0.103 e. The Hall–Kier alpha value is -0.260. The molecule has 0 aromatic rings. The molecule has 0 aromatic heterocycles. The topological polar surface area (TPSA) is 0 Å². The fourth-order valence-corrected chi connectivity index (χ4v) is 1.75. The van der Waals surface area contributed by atoms with E-state index in [1.54, 1.807) is 0 Å². The molecule has 0 heteroatoms. The molecule has 0 bridgehead atoms. The van der Waals surface area contributed by atoms with Crippen LogP contribution < -0.4 is 0 Å². The highest BCUT2D eigenvalue weighted by atomic mass is 14.7. The predicted molar refractivity (Wildman–Crippen MR) is 41.2 cm³/mol. The highest BCUT2D eigenvalue weighted by Crippen LogP contribution is 2.68. The number of allylic oxidation sites excluding steroid dienone is 1. The molecule has 2 unspecified atom stereocenters. The van der Waals surface area contributed by atoms with Gasteiger partial charge in [0.15, 0.2) is 0 Å². The maximum atomic E-state index is 3.84. The minimum atomic E-state index is 0.410. The Morgan fingerprint density at radius 2 is 1.67 bits per heavy atom. The Kier molecular flexibility index (Phi) is 1.08. The van der Waals surface area contributed by atoms with Crippen LogP contribution in [0.15, 0.2) is 12.7 Å². The molecular weight excluding hydrogens is 108 g/mol. The molecule has 1 aliphatic rings. The first-order chi connectivity index (χ1) is 3.97. The average molecular weight is 124 g/mol. The van der Waals surface area contributed by atoms with Crippen LogP contribution in [0.4, 0.5) is 0 Å². The number of hydrogen-bond acceptors (Lipinski definition) is 0. The molecule has 0 heterocycles. The Morgan fingerprint density at radius 1 is 1.33 bits per heavy atom. The summed E-state index contributed by atoms with van der Waals surface area (Å²) >= 11 is 0. The second-order valence-electron chi connectivity index (χ2n) is 3.93. The van der Waals surface area contributed by atoms with E-state index in [-0.39, 0.29) is 0 Å². The van der Waals surface area contributed by atoms with E-state index in [1.807, 2.05) is 0 Å². The van der Waals surface area contributed by atoms with Crippen LogP contribution in [0.1, 0.15) is 27.7 Å².